The Labute approximate surface area is 90.5 Å². The molecule has 0 radical (unpaired) electrons. The van der Waals surface area contributed by atoms with Gasteiger partial charge < -0.3 is 14.2 Å². The van der Waals surface area contributed by atoms with Crippen molar-refractivity contribution in [2.45, 2.75) is 45.6 Å². The zero-order chi connectivity index (χ0) is 10.9. The molecule has 0 bridgehead atoms. The van der Waals surface area contributed by atoms with Crippen molar-refractivity contribution in [1.29, 1.82) is 0 Å². The predicted octanol–water partition coefficient (Wildman–Crippen LogP) is 1.24. The van der Waals surface area contributed by atoms with Crippen LogP contribution in [0.2, 0.25) is 0 Å². The molecule has 0 N–H and O–H groups in total. The summed E-state index contributed by atoms with van der Waals surface area (Å²) in [6.07, 6.45) is 2.98. The first-order valence-corrected chi connectivity index (χ1v) is 6.60. The van der Waals surface area contributed by atoms with Crippen LogP contribution in [0.4, 0.5) is 0 Å². The van der Waals surface area contributed by atoms with Crippen molar-refractivity contribution in [1.82, 2.24) is 0 Å². The van der Waals surface area contributed by atoms with E-state index in [1.165, 1.54) is 0 Å². The second-order valence-corrected chi connectivity index (χ2v) is 4.63. The third-order valence-electron chi connectivity index (χ3n) is 1.71. The Morgan fingerprint density at radius 1 is 0.786 bits per heavy atom. The Bertz CT molecular complexity index is 109. The fourth-order valence-electron chi connectivity index (χ4n) is 0.987. The van der Waals surface area contributed by atoms with Crippen LogP contribution in [0.5, 0.6) is 0 Å². The van der Waals surface area contributed by atoms with E-state index >= 15 is 0 Å². The summed E-state index contributed by atoms with van der Waals surface area (Å²) in [6.45, 7) is 8.37. The summed E-state index contributed by atoms with van der Waals surface area (Å²) in [5, 5.41) is 0. The fraction of sp³-hybridized carbons (Fsp3) is 1.00. The maximum absolute atomic E-state index is 5.60. The van der Waals surface area contributed by atoms with E-state index in [-0.39, 0.29) is 0 Å². The van der Waals surface area contributed by atoms with Gasteiger partial charge in [0.1, 0.15) is 10.2 Å². The number of hydrogen-bond acceptors (Lipinski definition) is 3. The highest BCUT2D eigenvalue weighted by atomic mass is 28.1. The predicted molar refractivity (Wildman–Crippen MR) is 61.4 cm³/mol. The number of rotatable bonds is 9. The summed E-state index contributed by atoms with van der Waals surface area (Å²) >= 11 is 0. The summed E-state index contributed by atoms with van der Waals surface area (Å²) in [4.78, 5) is 0. The summed E-state index contributed by atoms with van der Waals surface area (Å²) in [6, 6.07) is 0. The van der Waals surface area contributed by atoms with Crippen LogP contribution in [0, 0.1) is 0 Å². The zero-order valence-electron chi connectivity index (χ0n) is 9.97. The molecule has 0 aliphatic carbocycles. The Hall–Kier alpha value is 0.0969. The molecule has 0 fully saturated rings. The second-order valence-electron chi connectivity index (χ2n) is 3.41. The molecule has 0 aromatic heterocycles. The fourth-order valence-corrected chi connectivity index (χ4v) is 1.60. The van der Waals surface area contributed by atoms with Crippen molar-refractivity contribution in [3.63, 3.8) is 0 Å². The van der Waals surface area contributed by atoms with Gasteiger partial charge in [-0.2, -0.15) is 0 Å². The van der Waals surface area contributed by atoms with Gasteiger partial charge in [-0.05, 0) is 19.3 Å². The minimum absolute atomic E-state index is 0.705. The number of hydrogen-bond donors (Lipinski definition) is 0. The standard InChI is InChI=1S/C10H24O3Si/c1-4-7-11-10(14,12-8-5-2)13-9-6-3/h4-9H2,1-3,14H3. The van der Waals surface area contributed by atoms with Crippen molar-refractivity contribution >= 4 is 10.2 Å². The van der Waals surface area contributed by atoms with E-state index in [1.54, 1.807) is 0 Å². The zero-order valence-corrected chi connectivity index (χ0v) is 12.0. The minimum atomic E-state index is -0.706. The third kappa shape index (κ3) is 6.54. The van der Waals surface area contributed by atoms with Gasteiger partial charge in [-0.25, -0.2) is 0 Å². The maximum Gasteiger partial charge on any atom is 0.245 e. The molecule has 0 aromatic rings. The van der Waals surface area contributed by atoms with E-state index in [0.29, 0.717) is 19.8 Å². The molecule has 0 atom stereocenters. The van der Waals surface area contributed by atoms with Crippen LogP contribution in [0.3, 0.4) is 0 Å². The van der Waals surface area contributed by atoms with Crippen LogP contribution < -0.4 is 0 Å². The molecule has 0 rings (SSSR count). The molecule has 0 spiro atoms. The van der Waals surface area contributed by atoms with Crippen molar-refractivity contribution in [3.05, 3.63) is 0 Å². The van der Waals surface area contributed by atoms with Gasteiger partial charge in [0.25, 0.3) is 0 Å². The average Bonchev–Trinajstić information content (AvgIpc) is 2.21. The molecular weight excluding hydrogens is 196 g/mol. The largest absolute Gasteiger partial charge is 0.332 e. The van der Waals surface area contributed by atoms with Gasteiger partial charge in [0.05, 0.1) is 19.8 Å². The normalized spacial score (nSPS) is 12.2. The van der Waals surface area contributed by atoms with Crippen molar-refractivity contribution in [2.24, 2.45) is 0 Å². The van der Waals surface area contributed by atoms with E-state index in [2.05, 4.69) is 20.8 Å². The third-order valence-corrected chi connectivity index (χ3v) is 2.57. The summed E-state index contributed by atoms with van der Waals surface area (Å²) in [7, 11) is 0.744. The molecule has 0 aliphatic rings. The van der Waals surface area contributed by atoms with Crippen LogP contribution in [-0.4, -0.2) is 35.7 Å². The van der Waals surface area contributed by atoms with E-state index in [1.807, 2.05) is 0 Å². The van der Waals surface area contributed by atoms with Crippen LogP contribution in [0.25, 0.3) is 0 Å². The lowest BCUT2D eigenvalue weighted by atomic mass is 10.5. The van der Waals surface area contributed by atoms with Crippen molar-refractivity contribution < 1.29 is 14.2 Å². The van der Waals surface area contributed by atoms with E-state index in [0.717, 1.165) is 29.5 Å². The Balaban J connectivity index is 3.89. The molecule has 0 aromatic carbocycles. The molecule has 86 valence electrons. The highest BCUT2D eigenvalue weighted by Crippen LogP contribution is 2.12. The maximum atomic E-state index is 5.60. The van der Waals surface area contributed by atoms with E-state index in [9.17, 15) is 0 Å². The van der Waals surface area contributed by atoms with Gasteiger partial charge in [-0.3, -0.25) is 0 Å². The highest BCUT2D eigenvalue weighted by Gasteiger charge is 2.25. The molecule has 14 heavy (non-hydrogen) atoms. The quantitative estimate of drug-likeness (QED) is 0.432. The van der Waals surface area contributed by atoms with Crippen LogP contribution >= 0.6 is 0 Å². The van der Waals surface area contributed by atoms with Gasteiger partial charge in [0, 0.05) is 0 Å². The molecule has 0 saturated heterocycles. The molecule has 0 aliphatic heterocycles. The van der Waals surface area contributed by atoms with Crippen LogP contribution in [-0.2, 0) is 14.2 Å². The van der Waals surface area contributed by atoms with Crippen molar-refractivity contribution in [2.75, 3.05) is 19.8 Å². The second kappa shape index (κ2) is 8.41. The Kier molecular flexibility index (Phi) is 8.47. The average molecular weight is 220 g/mol. The Morgan fingerprint density at radius 3 is 1.29 bits per heavy atom. The smallest absolute Gasteiger partial charge is 0.245 e. The first-order chi connectivity index (χ1) is 6.68. The van der Waals surface area contributed by atoms with Gasteiger partial charge in [-0.15, -0.1) is 0 Å². The monoisotopic (exact) mass is 220 g/mol. The molecule has 0 amide bonds. The van der Waals surface area contributed by atoms with E-state index in [4.69, 9.17) is 14.2 Å². The number of ether oxygens (including phenoxy) is 3. The highest BCUT2D eigenvalue weighted by molar-refractivity contribution is 6.12. The summed E-state index contributed by atoms with van der Waals surface area (Å²) in [5.41, 5.74) is -0.706. The summed E-state index contributed by atoms with van der Waals surface area (Å²) < 4.78 is 16.8. The topological polar surface area (TPSA) is 27.7 Å². The molecule has 3 nitrogen and oxygen atoms in total. The van der Waals surface area contributed by atoms with E-state index < -0.39 is 5.60 Å². The first kappa shape index (κ1) is 14.1. The molecule has 4 heteroatoms. The minimum Gasteiger partial charge on any atom is -0.332 e. The van der Waals surface area contributed by atoms with Gasteiger partial charge in [-0.1, -0.05) is 20.8 Å². The van der Waals surface area contributed by atoms with Crippen LogP contribution in [0.15, 0.2) is 0 Å². The first-order valence-electron chi connectivity index (χ1n) is 5.60. The van der Waals surface area contributed by atoms with Crippen molar-refractivity contribution in [3.8, 4) is 0 Å². The van der Waals surface area contributed by atoms with Gasteiger partial charge in [0.2, 0.25) is 5.60 Å². The van der Waals surface area contributed by atoms with Crippen LogP contribution in [0.1, 0.15) is 40.0 Å². The SMILES string of the molecule is CCCOC([SiH3])(OCCC)OCCC. The summed E-state index contributed by atoms with van der Waals surface area (Å²) in [5.74, 6) is 0. The molecule has 0 saturated carbocycles. The Morgan fingerprint density at radius 2 is 1.07 bits per heavy atom. The molecule has 0 unspecified atom stereocenters. The van der Waals surface area contributed by atoms with Gasteiger partial charge in [0.15, 0.2) is 0 Å². The lowest BCUT2D eigenvalue weighted by Gasteiger charge is -2.30. The molecule has 0 heterocycles. The lowest BCUT2D eigenvalue weighted by molar-refractivity contribution is -0.325. The lowest BCUT2D eigenvalue weighted by Crippen LogP contribution is -2.40. The van der Waals surface area contributed by atoms with Gasteiger partial charge >= 0.3 is 0 Å². The molecular formula is C10H24O3Si.